The van der Waals surface area contributed by atoms with Gasteiger partial charge < -0.3 is 14.6 Å². The van der Waals surface area contributed by atoms with Crippen LogP contribution in [0.5, 0.6) is 5.75 Å². The quantitative estimate of drug-likeness (QED) is 0.744. The standard InChI is InChI=1S/C21H21ClN2O3/c1-4-24(14-10-8-13(2)9-11-14)18(25)12-15-20(26)19-16(22)6-5-7-17(19)23(3)21(15)27/h5-11,26H,4,12H2,1-3H3. The van der Waals surface area contributed by atoms with Gasteiger partial charge in [0.2, 0.25) is 5.91 Å². The maximum atomic E-state index is 12.9. The number of aromatic nitrogens is 1. The van der Waals surface area contributed by atoms with E-state index in [1.807, 2.05) is 38.1 Å². The van der Waals surface area contributed by atoms with E-state index in [-0.39, 0.29) is 23.6 Å². The van der Waals surface area contributed by atoms with Gasteiger partial charge in [0.1, 0.15) is 5.75 Å². The lowest BCUT2D eigenvalue weighted by Gasteiger charge is -2.22. The number of carbonyl (C=O) groups is 1. The number of likely N-dealkylation sites (N-methyl/N-ethyl adjacent to an activating group) is 1. The second kappa shape index (κ2) is 7.45. The molecule has 0 aliphatic heterocycles. The first-order valence-corrected chi connectivity index (χ1v) is 9.09. The zero-order valence-electron chi connectivity index (χ0n) is 15.5. The molecule has 0 bridgehead atoms. The van der Waals surface area contributed by atoms with Crippen LogP contribution in [0.4, 0.5) is 5.69 Å². The van der Waals surface area contributed by atoms with Crippen LogP contribution in [0.15, 0.2) is 47.3 Å². The number of nitrogens with zero attached hydrogens (tertiary/aromatic N) is 2. The van der Waals surface area contributed by atoms with Gasteiger partial charge in [-0.15, -0.1) is 0 Å². The maximum Gasteiger partial charge on any atom is 0.258 e. The number of rotatable bonds is 4. The number of hydrogen-bond acceptors (Lipinski definition) is 3. The summed E-state index contributed by atoms with van der Waals surface area (Å²) < 4.78 is 1.41. The van der Waals surface area contributed by atoms with Crippen molar-refractivity contribution in [2.75, 3.05) is 11.4 Å². The van der Waals surface area contributed by atoms with Crippen LogP contribution in [0.3, 0.4) is 0 Å². The van der Waals surface area contributed by atoms with Crippen LogP contribution in [0.2, 0.25) is 5.02 Å². The highest BCUT2D eigenvalue weighted by molar-refractivity contribution is 6.36. The SMILES string of the molecule is CCN(C(=O)Cc1c(O)c2c(Cl)cccc2n(C)c1=O)c1ccc(C)cc1. The molecule has 0 radical (unpaired) electrons. The van der Waals surface area contributed by atoms with E-state index in [1.165, 1.54) is 4.57 Å². The number of fused-ring (bicyclic) bond motifs is 1. The van der Waals surface area contributed by atoms with Gasteiger partial charge in [0.25, 0.3) is 5.56 Å². The topological polar surface area (TPSA) is 62.5 Å². The van der Waals surface area contributed by atoms with Crippen LogP contribution < -0.4 is 10.5 Å². The molecule has 0 saturated carbocycles. The molecular weight excluding hydrogens is 364 g/mol. The van der Waals surface area contributed by atoms with Gasteiger partial charge in [-0.2, -0.15) is 0 Å². The lowest BCUT2D eigenvalue weighted by Crippen LogP contribution is -2.34. The molecule has 1 aromatic heterocycles. The number of anilines is 1. The molecule has 1 heterocycles. The molecule has 0 aliphatic carbocycles. The Bertz CT molecular complexity index is 1070. The summed E-state index contributed by atoms with van der Waals surface area (Å²) in [4.78, 5) is 27.2. The smallest absolute Gasteiger partial charge is 0.258 e. The number of halogens is 1. The molecule has 0 fully saturated rings. The highest BCUT2D eigenvalue weighted by Gasteiger charge is 2.22. The average Bonchev–Trinajstić information content (AvgIpc) is 2.65. The molecule has 140 valence electrons. The average molecular weight is 385 g/mol. The van der Waals surface area contributed by atoms with Gasteiger partial charge in [-0.1, -0.05) is 35.4 Å². The van der Waals surface area contributed by atoms with E-state index >= 15 is 0 Å². The van der Waals surface area contributed by atoms with Gasteiger partial charge >= 0.3 is 0 Å². The van der Waals surface area contributed by atoms with Gasteiger partial charge in [0.05, 0.1) is 27.9 Å². The lowest BCUT2D eigenvalue weighted by atomic mass is 10.1. The summed E-state index contributed by atoms with van der Waals surface area (Å²) in [5.74, 6) is -0.493. The van der Waals surface area contributed by atoms with E-state index in [2.05, 4.69) is 0 Å². The number of aromatic hydroxyl groups is 1. The van der Waals surface area contributed by atoms with E-state index in [4.69, 9.17) is 11.6 Å². The van der Waals surface area contributed by atoms with Gasteiger partial charge in [-0.25, -0.2) is 0 Å². The molecule has 0 spiro atoms. The Morgan fingerprint density at radius 1 is 1.19 bits per heavy atom. The van der Waals surface area contributed by atoms with Gasteiger partial charge in [0, 0.05) is 19.3 Å². The third kappa shape index (κ3) is 3.43. The van der Waals surface area contributed by atoms with Crippen molar-refractivity contribution in [1.82, 2.24) is 4.57 Å². The van der Waals surface area contributed by atoms with Crippen molar-refractivity contribution in [3.05, 3.63) is 69.0 Å². The molecule has 0 atom stereocenters. The van der Waals surface area contributed by atoms with Crippen LogP contribution in [0, 0.1) is 6.92 Å². The maximum absolute atomic E-state index is 12.9. The second-order valence-electron chi connectivity index (χ2n) is 6.48. The Morgan fingerprint density at radius 3 is 2.48 bits per heavy atom. The molecule has 3 rings (SSSR count). The summed E-state index contributed by atoms with van der Waals surface area (Å²) in [6.07, 6.45) is -0.207. The minimum absolute atomic E-state index is 0.0497. The number of aryl methyl sites for hydroxylation is 2. The lowest BCUT2D eigenvalue weighted by molar-refractivity contribution is -0.118. The summed E-state index contributed by atoms with van der Waals surface area (Å²) >= 11 is 6.22. The van der Waals surface area contributed by atoms with Crippen molar-refractivity contribution in [3.8, 4) is 5.75 Å². The minimum atomic E-state index is -0.407. The monoisotopic (exact) mass is 384 g/mol. The summed E-state index contributed by atoms with van der Waals surface area (Å²) in [6, 6.07) is 12.7. The van der Waals surface area contributed by atoms with Crippen molar-refractivity contribution >= 4 is 34.1 Å². The van der Waals surface area contributed by atoms with Crippen LogP contribution in [0.1, 0.15) is 18.1 Å². The Labute approximate surface area is 162 Å². The summed E-state index contributed by atoms with van der Waals surface area (Å²) in [7, 11) is 1.60. The largest absolute Gasteiger partial charge is 0.507 e. The molecule has 6 heteroatoms. The van der Waals surface area contributed by atoms with Gasteiger partial charge in [0.15, 0.2) is 0 Å². The molecule has 3 aromatic rings. The predicted molar refractivity (Wildman–Crippen MR) is 109 cm³/mol. The van der Waals surface area contributed by atoms with Crippen molar-refractivity contribution in [2.45, 2.75) is 20.3 Å². The van der Waals surface area contributed by atoms with Crippen LogP contribution in [-0.2, 0) is 18.3 Å². The van der Waals surface area contributed by atoms with Crippen molar-refractivity contribution in [2.24, 2.45) is 7.05 Å². The summed E-state index contributed by atoms with van der Waals surface area (Å²) in [5, 5.41) is 11.4. The molecule has 5 nitrogen and oxygen atoms in total. The van der Waals surface area contributed by atoms with E-state index < -0.39 is 5.56 Å². The van der Waals surface area contributed by atoms with E-state index in [9.17, 15) is 14.7 Å². The number of amides is 1. The zero-order valence-corrected chi connectivity index (χ0v) is 16.2. The van der Waals surface area contributed by atoms with E-state index in [0.717, 1.165) is 11.3 Å². The van der Waals surface area contributed by atoms with Gasteiger partial charge in [-0.05, 0) is 38.1 Å². The van der Waals surface area contributed by atoms with Crippen LogP contribution in [-0.4, -0.2) is 22.1 Å². The van der Waals surface area contributed by atoms with E-state index in [0.29, 0.717) is 22.5 Å². The van der Waals surface area contributed by atoms with Crippen LogP contribution in [0.25, 0.3) is 10.9 Å². The van der Waals surface area contributed by atoms with Gasteiger partial charge in [-0.3, -0.25) is 9.59 Å². The first-order valence-electron chi connectivity index (χ1n) is 8.71. The third-order valence-electron chi connectivity index (χ3n) is 4.73. The first kappa shape index (κ1) is 19.0. The fourth-order valence-corrected chi connectivity index (χ4v) is 3.48. The molecule has 27 heavy (non-hydrogen) atoms. The number of carbonyl (C=O) groups excluding carboxylic acids is 1. The number of hydrogen-bond donors (Lipinski definition) is 1. The second-order valence-corrected chi connectivity index (χ2v) is 6.88. The molecule has 0 aliphatic rings. The molecule has 1 N–H and O–H groups in total. The van der Waals surface area contributed by atoms with Crippen LogP contribution >= 0.6 is 11.6 Å². The summed E-state index contributed by atoms with van der Waals surface area (Å²) in [5.41, 5.74) is 2.01. The molecule has 0 unspecified atom stereocenters. The number of pyridine rings is 1. The molecule has 0 saturated heterocycles. The normalized spacial score (nSPS) is 11.0. The van der Waals surface area contributed by atoms with Crippen molar-refractivity contribution < 1.29 is 9.90 Å². The Balaban J connectivity index is 2.05. The zero-order chi connectivity index (χ0) is 19.7. The first-order chi connectivity index (χ1) is 12.8. The highest BCUT2D eigenvalue weighted by atomic mass is 35.5. The Morgan fingerprint density at radius 2 is 1.85 bits per heavy atom. The Hall–Kier alpha value is -2.79. The van der Waals surface area contributed by atoms with E-state index in [1.54, 1.807) is 30.1 Å². The minimum Gasteiger partial charge on any atom is -0.507 e. The van der Waals surface area contributed by atoms with Crippen molar-refractivity contribution in [1.29, 1.82) is 0 Å². The predicted octanol–water partition coefficient (Wildman–Crippen LogP) is 3.80. The summed E-state index contributed by atoms with van der Waals surface area (Å²) in [6.45, 7) is 4.30. The highest BCUT2D eigenvalue weighted by Crippen LogP contribution is 2.32. The van der Waals surface area contributed by atoms with Crippen molar-refractivity contribution in [3.63, 3.8) is 0 Å². The number of benzene rings is 2. The Kier molecular flexibility index (Phi) is 5.24. The molecule has 1 amide bonds. The fourth-order valence-electron chi connectivity index (χ4n) is 3.22. The molecule has 2 aromatic carbocycles. The fraction of sp³-hybridized carbons (Fsp3) is 0.238. The third-order valence-corrected chi connectivity index (χ3v) is 5.04. The molecular formula is C21H21ClN2O3.